The van der Waals surface area contributed by atoms with E-state index < -0.39 is 39.8 Å². The molecule has 0 heterocycles. The van der Waals surface area contributed by atoms with E-state index in [4.69, 9.17) is 5.11 Å². The van der Waals surface area contributed by atoms with Crippen LogP contribution in [0.25, 0.3) is 6.08 Å². The second kappa shape index (κ2) is 17.8. The third-order valence-corrected chi connectivity index (χ3v) is 10.3. The Kier molecular flexibility index (Phi) is 14.3. The van der Waals surface area contributed by atoms with Crippen molar-refractivity contribution in [2.24, 2.45) is 17.8 Å². The Balaban J connectivity index is 1.56. The van der Waals surface area contributed by atoms with Crippen molar-refractivity contribution in [3.63, 3.8) is 0 Å². The first-order valence-electron chi connectivity index (χ1n) is 15.9. The van der Waals surface area contributed by atoms with Crippen molar-refractivity contribution in [1.82, 2.24) is 4.31 Å². The molecule has 1 amide bonds. The van der Waals surface area contributed by atoms with Crippen LogP contribution in [-0.2, 0) is 29.2 Å². The number of carbonyl (C=O) groups excluding carboxylic acids is 1. The third kappa shape index (κ3) is 12.1. The highest BCUT2D eigenvalue weighted by atomic mass is 32.2. The van der Waals surface area contributed by atoms with Gasteiger partial charge in [-0.05, 0) is 80.2 Å². The zero-order valence-electron chi connectivity index (χ0n) is 25.7. The summed E-state index contributed by atoms with van der Waals surface area (Å²) in [6.45, 7) is 0.769. The number of amides is 1. The van der Waals surface area contributed by atoms with Gasteiger partial charge in [-0.15, -0.1) is 0 Å². The minimum atomic E-state index is -3.70. The van der Waals surface area contributed by atoms with E-state index in [9.17, 15) is 37.8 Å². The van der Waals surface area contributed by atoms with Crippen LogP contribution < -0.4 is 5.32 Å². The summed E-state index contributed by atoms with van der Waals surface area (Å²) in [5, 5.41) is 31.3. The average Bonchev–Trinajstić information content (AvgIpc) is 3.00. The van der Waals surface area contributed by atoms with Crippen LogP contribution in [-0.4, -0.2) is 64.9 Å². The molecule has 1 fully saturated rings. The smallest absolute Gasteiger partial charge is 0.322 e. The molecule has 1 aromatic carbocycles. The third-order valence-electron chi connectivity index (χ3n) is 8.69. The number of aliphatic carboxylic acids is 3. The number of rotatable bonds is 18. The molecule has 1 aromatic rings. The van der Waals surface area contributed by atoms with Crippen molar-refractivity contribution in [2.45, 2.75) is 89.9 Å². The molecule has 2 aliphatic rings. The molecular weight excluding hydrogens is 600 g/mol. The standard InChI is InChI=1S/C33H46N2O9S/c36-29(37)11-5-2-6-21-35(22-7-10-24-8-3-1-4-9-24)45(43,44)23-20-25-12-18-28(19-13-25)34-31(38)27-16-14-26(15-17-27)30(32(39)40)33(41)42/h12-14,18-20,23-24,27,30H,1-11,15-17,21-22H2,(H,34,38)(H,36,37)(H,39,40)(H,41,42)/b23-20+. The van der Waals surface area contributed by atoms with Crippen molar-refractivity contribution in [3.8, 4) is 0 Å². The Labute approximate surface area is 265 Å². The number of sulfonamides is 1. The van der Waals surface area contributed by atoms with Gasteiger partial charge >= 0.3 is 17.9 Å². The van der Waals surface area contributed by atoms with Gasteiger partial charge in [-0.1, -0.05) is 56.7 Å². The number of carbonyl (C=O) groups is 4. The predicted octanol–water partition coefficient (Wildman–Crippen LogP) is 5.75. The highest BCUT2D eigenvalue weighted by Crippen LogP contribution is 2.30. The van der Waals surface area contributed by atoms with Gasteiger partial charge in [0.2, 0.25) is 15.9 Å². The fourth-order valence-electron chi connectivity index (χ4n) is 6.09. The molecule has 0 aliphatic heterocycles. The Bertz CT molecular complexity index is 1320. The summed E-state index contributed by atoms with van der Waals surface area (Å²) in [6.07, 6.45) is 13.6. The van der Waals surface area contributed by atoms with Gasteiger partial charge in [0.1, 0.15) is 0 Å². The molecule has 1 saturated carbocycles. The zero-order chi connectivity index (χ0) is 32.8. The summed E-state index contributed by atoms with van der Waals surface area (Å²) < 4.78 is 28.1. The van der Waals surface area contributed by atoms with Crippen LogP contribution in [0.2, 0.25) is 0 Å². The van der Waals surface area contributed by atoms with Crippen LogP contribution in [0.1, 0.15) is 95.5 Å². The molecule has 1 unspecified atom stereocenters. The quantitative estimate of drug-likeness (QED) is 0.0878. The number of hydrogen-bond acceptors (Lipinski definition) is 6. The number of benzene rings is 1. The molecular formula is C33H46N2O9S. The van der Waals surface area contributed by atoms with Gasteiger partial charge in [-0.2, -0.15) is 4.31 Å². The molecule has 0 saturated heterocycles. The summed E-state index contributed by atoms with van der Waals surface area (Å²) in [5.74, 6) is -5.32. The number of carboxylic acids is 3. The predicted molar refractivity (Wildman–Crippen MR) is 171 cm³/mol. The molecule has 4 N–H and O–H groups in total. The molecule has 0 radical (unpaired) electrons. The van der Waals surface area contributed by atoms with Gasteiger partial charge in [-0.3, -0.25) is 19.2 Å². The van der Waals surface area contributed by atoms with Crippen molar-refractivity contribution < 1.29 is 42.9 Å². The Morgan fingerprint density at radius 2 is 1.56 bits per heavy atom. The first kappa shape index (κ1) is 36.0. The van der Waals surface area contributed by atoms with Crippen LogP contribution in [0.4, 0.5) is 5.69 Å². The number of anilines is 1. The normalized spacial score (nSPS) is 17.8. The van der Waals surface area contributed by atoms with Crippen LogP contribution >= 0.6 is 0 Å². The summed E-state index contributed by atoms with van der Waals surface area (Å²) >= 11 is 0. The van der Waals surface area contributed by atoms with Gasteiger partial charge in [0.05, 0.1) is 0 Å². The highest BCUT2D eigenvalue weighted by molar-refractivity contribution is 7.92. The van der Waals surface area contributed by atoms with E-state index in [1.807, 2.05) is 0 Å². The van der Waals surface area contributed by atoms with Crippen LogP contribution in [0.3, 0.4) is 0 Å². The number of nitrogens with one attached hydrogen (secondary N) is 1. The molecule has 248 valence electrons. The first-order chi connectivity index (χ1) is 21.5. The van der Waals surface area contributed by atoms with E-state index in [1.54, 1.807) is 24.3 Å². The lowest BCUT2D eigenvalue weighted by Crippen LogP contribution is -2.31. The fraction of sp³-hybridized carbons (Fsp3) is 0.576. The molecule has 3 rings (SSSR count). The molecule has 2 aliphatic carbocycles. The summed E-state index contributed by atoms with van der Waals surface area (Å²) in [4.78, 5) is 46.1. The van der Waals surface area contributed by atoms with Gasteiger partial charge in [0.25, 0.3) is 0 Å². The minimum absolute atomic E-state index is 0.0728. The summed E-state index contributed by atoms with van der Waals surface area (Å²) in [5.41, 5.74) is 1.46. The van der Waals surface area contributed by atoms with E-state index >= 15 is 0 Å². The number of unbranched alkanes of at least 4 members (excludes halogenated alkanes) is 2. The molecule has 0 spiro atoms. The Morgan fingerprint density at radius 3 is 2.16 bits per heavy atom. The SMILES string of the molecule is O=C(O)CCCCCN(CCCC1CCCCC1)S(=O)(=O)/C=C/c1ccc(NC(=O)C2CC=C(C(C(=O)O)C(=O)O)CC2)cc1. The molecule has 12 heteroatoms. The maximum absolute atomic E-state index is 13.3. The number of nitrogens with zero attached hydrogens (tertiary/aromatic N) is 1. The van der Waals surface area contributed by atoms with Crippen LogP contribution in [0, 0.1) is 17.8 Å². The number of allylic oxidation sites excluding steroid dienone is 1. The molecule has 0 bridgehead atoms. The molecule has 0 aromatic heterocycles. The minimum Gasteiger partial charge on any atom is -0.481 e. The fourth-order valence-corrected chi connectivity index (χ4v) is 7.36. The van der Waals surface area contributed by atoms with Gasteiger partial charge in [-0.25, -0.2) is 8.42 Å². The Hall–Kier alpha value is -3.51. The highest BCUT2D eigenvalue weighted by Gasteiger charge is 2.33. The summed E-state index contributed by atoms with van der Waals surface area (Å²) in [7, 11) is -3.70. The molecule has 1 atom stereocenters. The second-order valence-electron chi connectivity index (χ2n) is 12.1. The van der Waals surface area contributed by atoms with Gasteiger partial charge in [0.15, 0.2) is 5.92 Å². The van der Waals surface area contributed by atoms with Gasteiger partial charge in [0, 0.05) is 36.5 Å². The van der Waals surface area contributed by atoms with E-state index in [2.05, 4.69) is 5.32 Å². The van der Waals surface area contributed by atoms with Crippen LogP contribution in [0.5, 0.6) is 0 Å². The van der Waals surface area contributed by atoms with Crippen molar-refractivity contribution in [1.29, 1.82) is 0 Å². The second-order valence-corrected chi connectivity index (χ2v) is 13.9. The Morgan fingerprint density at radius 1 is 0.889 bits per heavy atom. The maximum Gasteiger partial charge on any atom is 0.322 e. The average molecular weight is 647 g/mol. The van der Waals surface area contributed by atoms with Crippen molar-refractivity contribution >= 4 is 45.6 Å². The largest absolute Gasteiger partial charge is 0.481 e. The first-order valence-corrected chi connectivity index (χ1v) is 17.4. The van der Waals surface area contributed by atoms with E-state index in [0.29, 0.717) is 61.5 Å². The van der Waals surface area contributed by atoms with E-state index in [0.717, 1.165) is 12.8 Å². The summed E-state index contributed by atoms with van der Waals surface area (Å²) in [6, 6.07) is 6.74. The van der Waals surface area contributed by atoms with Crippen molar-refractivity contribution in [2.75, 3.05) is 18.4 Å². The van der Waals surface area contributed by atoms with Gasteiger partial charge < -0.3 is 20.6 Å². The zero-order valence-corrected chi connectivity index (χ0v) is 26.6. The lowest BCUT2D eigenvalue weighted by Gasteiger charge is -2.24. The number of hydrogen-bond donors (Lipinski definition) is 4. The molecule has 11 nitrogen and oxygen atoms in total. The number of carboxylic acid groups (broad SMARTS) is 3. The maximum atomic E-state index is 13.3. The van der Waals surface area contributed by atoms with Crippen LogP contribution in [0.15, 0.2) is 41.3 Å². The monoisotopic (exact) mass is 646 g/mol. The molecule has 45 heavy (non-hydrogen) atoms. The lowest BCUT2D eigenvalue weighted by molar-refractivity contribution is -0.152. The topological polar surface area (TPSA) is 178 Å². The van der Waals surface area contributed by atoms with Crippen molar-refractivity contribution in [3.05, 3.63) is 46.9 Å². The van der Waals surface area contributed by atoms with E-state index in [-0.39, 0.29) is 25.2 Å². The lowest BCUT2D eigenvalue weighted by atomic mass is 9.83. The van der Waals surface area contributed by atoms with E-state index in [1.165, 1.54) is 54.0 Å².